The summed E-state index contributed by atoms with van der Waals surface area (Å²) in [4.78, 5) is 0. The smallest absolute Gasteiger partial charge is 0.119 e. The summed E-state index contributed by atoms with van der Waals surface area (Å²) >= 11 is 5.56. The Hall–Kier alpha value is -0.950. The third kappa shape index (κ3) is 3.84. The number of hydrogen-bond donors (Lipinski definition) is 0. The van der Waals surface area contributed by atoms with E-state index in [1.807, 2.05) is 36.4 Å². The highest BCUT2D eigenvalue weighted by atomic mass is 35.5. The van der Waals surface area contributed by atoms with Gasteiger partial charge in [0.25, 0.3) is 0 Å². The van der Waals surface area contributed by atoms with Crippen molar-refractivity contribution in [3.8, 4) is 5.75 Å². The molecule has 0 saturated heterocycles. The molecule has 1 aromatic rings. The number of halogens is 1. The lowest BCUT2D eigenvalue weighted by molar-refractivity contribution is 0.317. The Morgan fingerprint density at radius 3 is 3.00 bits per heavy atom. The van der Waals surface area contributed by atoms with Crippen LogP contribution in [0.2, 0.25) is 0 Å². The Kier molecular flexibility index (Phi) is 5.16. The quantitative estimate of drug-likeness (QED) is 0.673. The van der Waals surface area contributed by atoms with Crippen molar-refractivity contribution in [3.63, 3.8) is 0 Å². The summed E-state index contributed by atoms with van der Waals surface area (Å²) in [6.07, 6.45) is 4.94. The zero-order chi connectivity index (χ0) is 10.2. The van der Waals surface area contributed by atoms with Crippen LogP contribution >= 0.6 is 11.6 Å². The minimum Gasteiger partial charge on any atom is -0.494 e. The molecule has 0 atom stereocenters. The van der Waals surface area contributed by atoms with E-state index in [-0.39, 0.29) is 0 Å². The van der Waals surface area contributed by atoms with Gasteiger partial charge in [0.05, 0.1) is 6.61 Å². The van der Waals surface area contributed by atoms with E-state index in [1.165, 1.54) is 0 Å². The third-order valence-corrected chi connectivity index (χ3v) is 1.91. The second-order valence-electron chi connectivity index (χ2n) is 2.98. The van der Waals surface area contributed by atoms with E-state index < -0.39 is 0 Å². The Bertz CT molecular complexity index is 294. The van der Waals surface area contributed by atoms with E-state index in [1.54, 1.807) is 0 Å². The zero-order valence-electron chi connectivity index (χ0n) is 8.37. The minimum absolute atomic E-state index is 0.542. The molecular formula is C12H15ClO. The fraction of sp³-hybridized carbons (Fsp3) is 0.333. The van der Waals surface area contributed by atoms with Crippen LogP contribution in [0.4, 0.5) is 0 Å². The average Bonchev–Trinajstić information content (AvgIpc) is 2.24. The molecule has 0 unspecified atom stereocenters. The number of alkyl halides is 1. The number of rotatable bonds is 5. The van der Waals surface area contributed by atoms with Gasteiger partial charge in [-0.1, -0.05) is 31.2 Å². The van der Waals surface area contributed by atoms with Gasteiger partial charge in [-0.25, -0.2) is 0 Å². The van der Waals surface area contributed by atoms with Crippen molar-refractivity contribution in [1.82, 2.24) is 0 Å². The fourth-order valence-electron chi connectivity index (χ4n) is 1.11. The highest BCUT2D eigenvalue weighted by molar-refractivity contribution is 6.19. The van der Waals surface area contributed by atoms with Gasteiger partial charge in [0, 0.05) is 5.88 Å². The normalized spacial score (nSPS) is 10.7. The molecule has 2 heteroatoms. The van der Waals surface area contributed by atoms with Crippen LogP contribution in [0.1, 0.15) is 18.9 Å². The summed E-state index contributed by atoms with van der Waals surface area (Å²) in [5.74, 6) is 1.46. The van der Waals surface area contributed by atoms with Crippen LogP contribution < -0.4 is 4.74 Å². The topological polar surface area (TPSA) is 9.23 Å². The molecule has 0 fully saturated rings. The van der Waals surface area contributed by atoms with Gasteiger partial charge >= 0.3 is 0 Å². The molecule has 0 heterocycles. The van der Waals surface area contributed by atoms with Crippen molar-refractivity contribution in [2.75, 3.05) is 12.5 Å². The van der Waals surface area contributed by atoms with E-state index in [9.17, 15) is 0 Å². The molecule has 0 aliphatic heterocycles. The fourth-order valence-corrected chi connectivity index (χ4v) is 1.20. The number of ether oxygens (including phenoxy) is 1. The average molecular weight is 211 g/mol. The molecule has 76 valence electrons. The number of allylic oxidation sites excluding steroid dienone is 1. The van der Waals surface area contributed by atoms with Crippen molar-refractivity contribution in [2.45, 2.75) is 13.3 Å². The van der Waals surface area contributed by atoms with E-state index in [4.69, 9.17) is 16.3 Å². The maximum atomic E-state index is 5.56. The van der Waals surface area contributed by atoms with Crippen molar-refractivity contribution in [1.29, 1.82) is 0 Å². The molecule has 1 aromatic carbocycles. The van der Waals surface area contributed by atoms with Crippen molar-refractivity contribution < 1.29 is 4.74 Å². The van der Waals surface area contributed by atoms with Gasteiger partial charge in [0.2, 0.25) is 0 Å². The molecule has 0 amide bonds. The molecular weight excluding hydrogens is 196 g/mol. The van der Waals surface area contributed by atoms with Gasteiger partial charge in [-0.3, -0.25) is 0 Å². The van der Waals surface area contributed by atoms with Gasteiger partial charge in [-0.15, -0.1) is 11.6 Å². The van der Waals surface area contributed by atoms with Gasteiger partial charge in [-0.05, 0) is 24.1 Å². The van der Waals surface area contributed by atoms with E-state index >= 15 is 0 Å². The van der Waals surface area contributed by atoms with Crippen LogP contribution in [0.25, 0.3) is 6.08 Å². The Morgan fingerprint density at radius 1 is 1.43 bits per heavy atom. The van der Waals surface area contributed by atoms with Crippen LogP contribution in [0.3, 0.4) is 0 Å². The number of benzene rings is 1. The summed E-state index contributed by atoms with van der Waals surface area (Å²) in [5.41, 5.74) is 1.12. The largest absolute Gasteiger partial charge is 0.494 e. The van der Waals surface area contributed by atoms with Crippen molar-refractivity contribution >= 4 is 17.7 Å². The first kappa shape index (κ1) is 11.1. The molecule has 0 bridgehead atoms. The molecule has 0 spiro atoms. The van der Waals surface area contributed by atoms with E-state index in [0.717, 1.165) is 24.3 Å². The highest BCUT2D eigenvalue weighted by Gasteiger charge is 1.92. The maximum absolute atomic E-state index is 5.56. The number of hydrogen-bond acceptors (Lipinski definition) is 1. The van der Waals surface area contributed by atoms with E-state index in [0.29, 0.717) is 5.88 Å². The molecule has 14 heavy (non-hydrogen) atoms. The SMILES string of the molecule is CCCOc1cccc(C=CCCl)c1. The predicted molar refractivity (Wildman–Crippen MR) is 62.0 cm³/mol. The Labute approximate surface area is 90.3 Å². The lowest BCUT2D eigenvalue weighted by Crippen LogP contribution is -1.94. The molecule has 0 aliphatic rings. The Morgan fingerprint density at radius 2 is 2.29 bits per heavy atom. The first-order chi connectivity index (χ1) is 6.86. The molecule has 0 aliphatic carbocycles. The summed E-state index contributed by atoms with van der Waals surface area (Å²) in [5, 5.41) is 0. The molecule has 0 saturated carbocycles. The first-order valence-electron chi connectivity index (χ1n) is 4.82. The lowest BCUT2D eigenvalue weighted by Gasteiger charge is -2.04. The second kappa shape index (κ2) is 6.50. The second-order valence-corrected chi connectivity index (χ2v) is 3.29. The Balaban J connectivity index is 2.63. The van der Waals surface area contributed by atoms with E-state index in [2.05, 4.69) is 6.92 Å². The highest BCUT2D eigenvalue weighted by Crippen LogP contribution is 2.14. The molecule has 0 radical (unpaired) electrons. The monoisotopic (exact) mass is 210 g/mol. The standard InChI is InChI=1S/C12H15ClO/c1-2-9-14-12-7-3-5-11(10-12)6-4-8-13/h3-7,10H,2,8-9H2,1H3. The first-order valence-corrected chi connectivity index (χ1v) is 5.35. The van der Waals surface area contributed by atoms with Gasteiger partial charge in [0.15, 0.2) is 0 Å². The molecule has 0 N–H and O–H groups in total. The third-order valence-electron chi connectivity index (χ3n) is 1.73. The minimum atomic E-state index is 0.542. The van der Waals surface area contributed by atoms with Gasteiger partial charge in [0.1, 0.15) is 5.75 Å². The van der Waals surface area contributed by atoms with Crippen molar-refractivity contribution in [2.24, 2.45) is 0 Å². The molecule has 0 aromatic heterocycles. The van der Waals surface area contributed by atoms with Crippen LogP contribution in [0.15, 0.2) is 30.3 Å². The summed E-state index contributed by atoms with van der Waals surface area (Å²) < 4.78 is 5.51. The predicted octanol–water partition coefficient (Wildman–Crippen LogP) is 3.73. The maximum Gasteiger partial charge on any atom is 0.119 e. The van der Waals surface area contributed by atoms with Crippen LogP contribution in [-0.2, 0) is 0 Å². The summed E-state index contributed by atoms with van der Waals surface area (Å²) in [7, 11) is 0. The molecule has 1 nitrogen and oxygen atoms in total. The van der Waals surface area contributed by atoms with Gasteiger partial charge in [-0.2, -0.15) is 0 Å². The van der Waals surface area contributed by atoms with Crippen molar-refractivity contribution in [3.05, 3.63) is 35.9 Å². The summed E-state index contributed by atoms with van der Waals surface area (Å²) in [6, 6.07) is 7.99. The van der Waals surface area contributed by atoms with Crippen LogP contribution in [0, 0.1) is 0 Å². The lowest BCUT2D eigenvalue weighted by atomic mass is 10.2. The molecule has 1 rings (SSSR count). The van der Waals surface area contributed by atoms with Gasteiger partial charge < -0.3 is 4.74 Å². The zero-order valence-corrected chi connectivity index (χ0v) is 9.13. The van der Waals surface area contributed by atoms with Crippen LogP contribution in [-0.4, -0.2) is 12.5 Å². The van der Waals surface area contributed by atoms with Crippen LogP contribution in [0.5, 0.6) is 5.75 Å². The summed E-state index contributed by atoms with van der Waals surface area (Å²) in [6.45, 7) is 2.86.